The Hall–Kier alpha value is -0.900. The molecule has 2 nitrogen and oxygen atoms in total. The maximum Gasteiger partial charge on any atom is 0.0943 e. The molecule has 2 aromatic rings. The second-order valence-electron chi connectivity index (χ2n) is 3.26. The highest BCUT2D eigenvalue weighted by Gasteiger charge is 2.11. The highest BCUT2D eigenvalue weighted by atomic mass is 35.5. The molecular weight excluding hydrogens is 228 g/mol. The predicted octanol–water partition coefficient (Wildman–Crippen LogP) is 3.04. The van der Waals surface area contributed by atoms with E-state index in [4.69, 9.17) is 17.3 Å². The Bertz CT molecular complexity index is 428. The van der Waals surface area contributed by atoms with E-state index in [2.05, 4.69) is 4.98 Å². The molecule has 1 aromatic carbocycles. The van der Waals surface area contributed by atoms with Crippen LogP contribution in [0, 0.1) is 0 Å². The van der Waals surface area contributed by atoms with Gasteiger partial charge >= 0.3 is 0 Å². The summed E-state index contributed by atoms with van der Waals surface area (Å²) in [5, 5.41) is 3.72. The fourth-order valence-corrected chi connectivity index (χ4v) is 2.38. The lowest BCUT2D eigenvalue weighted by atomic mass is 10.1. The second-order valence-corrected chi connectivity index (χ2v) is 4.64. The molecule has 2 rings (SSSR count). The Kier molecular flexibility index (Phi) is 3.36. The first-order chi connectivity index (χ1) is 7.27. The number of nitrogens with zero attached hydrogens (tertiary/aromatic N) is 1. The van der Waals surface area contributed by atoms with Gasteiger partial charge in [-0.1, -0.05) is 29.8 Å². The molecule has 0 radical (unpaired) electrons. The zero-order valence-electron chi connectivity index (χ0n) is 8.06. The maximum atomic E-state index is 6.07. The molecule has 0 aliphatic carbocycles. The zero-order chi connectivity index (χ0) is 10.7. The molecule has 0 amide bonds. The molecule has 0 fully saturated rings. The molecule has 1 heterocycles. The highest BCUT2D eigenvalue weighted by molar-refractivity contribution is 7.09. The summed E-state index contributed by atoms with van der Waals surface area (Å²) < 4.78 is 0. The van der Waals surface area contributed by atoms with Crippen LogP contribution in [0.2, 0.25) is 5.02 Å². The highest BCUT2D eigenvalue weighted by Crippen LogP contribution is 2.24. The minimum atomic E-state index is -0.0788. The van der Waals surface area contributed by atoms with Crippen LogP contribution in [0.5, 0.6) is 0 Å². The van der Waals surface area contributed by atoms with E-state index in [-0.39, 0.29) is 6.04 Å². The molecule has 0 saturated carbocycles. The molecule has 78 valence electrons. The van der Waals surface area contributed by atoms with Crippen molar-refractivity contribution in [1.29, 1.82) is 0 Å². The second kappa shape index (κ2) is 4.75. The van der Waals surface area contributed by atoms with E-state index < -0.39 is 0 Å². The number of hydrogen-bond acceptors (Lipinski definition) is 3. The van der Waals surface area contributed by atoms with Crippen LogP contribution in [-0.4, -0.2) is 4.98 Å². The fourth-order valence-electron chi connectivity index (χ4n) is 1.43. The molecule has 0 saturated heterocycles. The number of rotatable bonds is 3. The van der Waals surface area contributed by atoms with Crippen molar-refractivity contribution in [2.45, 2.75) is 12.5 Å². The monoisotopic (exact) mass is 238 g/mol. The molecular formula is C11H11ClN2S. The first kappa shape index (κ1) is 10.6. The summed E-state index contributed by atoms with van der Waals surface area (Å²) in [6.45, 7) is 0. The summed E-state index contributed by atoms with van der Waals surface area (Å²) in [5.41, 5.74) is 7.05. The molecule has 0 bridgehead atoms. The number of halogens is 1. The first-order valence-electron chi connectivity index (χ1n) is 4.66. The van der Waals surface area contributed by atoms with Gasteiger partial charge < -0.3 is 5.73 Å². The summed E-state index contributed by atoms with van der Waals surface area (Å²) in [5.74, 6) is 0. The van der Waals surface area contributed by atoms with Crippen molar-refractivity contribution in [3.63, 3.8) is 0 Å². The van der Waals surface area contributed by atoms with E-state index in [9.17, 15) is 0 Å². The third-order valence-corrected chi connectivity index (χ3v) is 3.33. The number of aromatic nitrogens is 1. The van der Waals surface area contributed by atoms with Crippen LogP contribution >= 0.6 is 22.9 Å². The van der Waals surface area contributed by atoms with Crippen molar-refractivity contribution in [3.05, 3.63) is 51.4 Å². The van der Waals surface area contributed by atoms with Crippen LogP contribution in [0.15, 0.2) is 35.8 Å². The lowest BCUT2D eigenvalue weighted by molar-refractivity contribution is 0.718. The van der Waals surface area contributed by atoms with Crippen molar-refractivity contribution >= 4 is 22.9 Å². The number of nitrogens with two attached hydrogens (primary N) is 1. The average Bonchev–Trinajstić information content (AvgIpc) is 2.71. The van der Waals surface area contributed by atoms with Gasteiger partial charge in [0.1, 0.15) is 0 Å². The van der Waals surface area contributed by atoms with E-state index in [1.807, 2.05) is 29.6 Å². The van der Waals surface area contributed by atoms with Crippen LogP contribution < -0.4 is 5.73 Å². The number of benzene rings is 1. The van der Waals surface area contributed by atoms with Crippen molar-refractivity contribution in [2.24, 2.45) is 5.73 Å². The maximum absolute atomic E-state index is 6.07. The largest absolute Gasteiger partial charge is 0.324 e. The smallest absolute Gasteiger partial charge is 0.0943 e. The molecule has 2 N–H and O–H groups in total. The van der Waals surface area contributed by atoms with E-state index in [0.29, 0.717) is 0 Å². The van der Waals surface area contributed by atoms with Gasteiger partial charge in [-0.2, -0.15) is 0 Å². The Morgan fingerprint density at radius 3 is 2.87 bits per heavy atom. The van der Waals surface area contributed by atoms with Gasteiger partial charge in [-0.05, 0) is 11.6 Å². The third kappa shape index (κ3) is 2.56. The minimum absolute atomic E-state index is 0.0788. The van der Waals surface area contributed by atoms with Crippen LogP contribution in [-0.2, 0) is 6.42 Å². The van der Waals surface area contributed by atoms with Gasteiger partial charge in [0.2, 0.25) is 0 Å². The Labute approximate surface area is 97.7 Å². The first-order valence-corrected chi connectivity index (χ1v) is 5.91. The van der Waals surface area contributed by atoms with E-state index in [1.165, 1.54) is 0 Å². The number of hydrogen-bond donors (Lipinski definition) is 1. The summed E-state index contributed by atoms with van der Waals surface area (Å²) in [6.07, 6.45) is 2.53. The fraction of sp³-hybridized carbons (Fsp3) is 0.182. The van der Waals surface area contributed by atoms with Crippen LogP contribution in [0.1, 0.15) is 16.6 Å². The average molecular weight is 239 g/mol. The van der Waals surface area contributed by atoms with Gasteiger partial charge in [-0.3, -0.25) is 0 Å². The number of thiazole rings is 1. The molecule has 4 heteroatoms. The molecule has 1 atom stereocenters. The molecule has 15 heavy (non-hydrogen) atoms. The molecule has 1 unspecified atom stereocenters. The summed E-state index contributed by atoms with van der Waals surface area (Å²) in [4.78, 5) is 4.21. The van der Waals surface area contributed by atoms with Gasteiger partial charge in [0.25, 0.3) is 0 Å². The summed E-state index contributed by atoms with van der Waals surface area (Å²) in [7, 11) is 0. The van der Waals surface area contributed by atoms with Gasteiger partial charge in [0.05, 0.1) is 5.01 Å². The molecule has 0 spiro atoms. The topological polar surface area (TPSA) is 38.9 Å². The van der Waals surface area contributed by atoms with E-state index in [0.717, 1.165) is 22.0 Å². The summed E-state index contributed by atoms with van der Waals surface area (Å²) in [6, 6.07) is 7.59. The van der Waals surface area contributed by atoms with E-state index in [1.54, 1.807) is 17.5 Å². The van der Waals surface area contributed by atoms with E-state index >= 15 is 0 Å². The zero-order valence-corrected chi connectivity index (χ0v) is 9.63. The standard InChI is InChI=1S/C11H11ClN2S/c12-9-4-2-1-3-8(9)10(13)7-11-14-5-6-15-11/h1-6,10H,7,13H2. The van der Waals surface area contributed by atoms with Crippen molar-refractivity contribution in [1.82, 2.24) is 4.98 Å². The van der Waals surface area contributed by atoms with Crippen LogP contribution in [0.25, 0.3) is 0 Å². The quantitative estimate of drug-likeness (QED) is 0.893. The van der Waals surface area contributed by atoms with Crippen LogP contribution in [0.4, 0.5) is 0 Å². The predicted molar refractivity (Wildman–Crippen MR) is 64.2 cm³/mol. The summed E-state index contributed by atoms with van der Waals surface area (Å²) >= 11 is 7.68. The minimum Gasteiger partial charge on any atom is -0.324 e. The normalized spacial score (nSPS) is 12.7. The van der Waals surface area contributed by atoms with Gasteiger partial charge in [-0.25, -0.2) is 4.98 Å². The lowest BCUT2D eigenvalue weighted by Gasteiger charge is -2.11. The lowest BCUT2D eigenvalue weighted by Crippen LogP contribution is -2.13. The Morgan fingerprint density at radius 2 is 2.20 bits per heavy atom. The van der Waals surface area contributed by atoms with Gasteiger partial charge in [-0.15, -0.1) is 11.3 Å². The molecule has 0 aliphatic rings. The van der Waals surface area contributed by atoms with Crippen molar-refractivity contribution in [3.8, 4) is 0 Å². The Morgan fingerprint density at radius 1 is 1.40 bits per heavy atom. The van der Waals surface area contributed by atoms with Crippen LogP contribution in [0.3, 0.4) is 0 Å². The van der Waals surface area contributed by atoms with Crippen molar-refractivity contribution < 1.29 is 0 Å². The Balaban J connectivity index is 2.15. The third-order valence-electron chi connectivity index (χ3n) is 2.18. The van der Waals surface area contributed by atoms with Crippen molar-refractivity contribution in [2.75, 3.05) is 0 Å². The van der Waals surface area contributed by atoms with Gasteiger partial charge in [0, 0.05) is 29.1 Å². The molecule has 0 aliphatic heterocycles. The van der Waals surface area contributed by atoms with Gasteiger partial charge in [0.15, 0.2) is 0 Å². The SMILES string of the molecule is NC(Cc1nccs1)c1ccccc1Cl. The molecule has 1 aromatic heterocycles.